The lowest BCUT2D eigenvalue weighted by atomic mass is 9.93. The van der Waals surface area contributed by atoms with Crippen LogP contribution in [0.5, 0.6) is 5.75 Å². The second kappa shape index (κ2) is 10.5. The Morgan fingerprint density at radius 2 is 2.03 bits per heavy atom. The van der Waals surface area contributed by atoms with Crippen molar-refractivity contribution in [3.8, 4) is 5.75 Å². The third-order valence-electron chi connectivity index (χ3n) is 6.99. The first-order valence-corrected chi connectivity index (χ1v) is 11.8. The van der Waals surface area contributed by atoms with Crippen molar-refractivity contribution in [2.24, 2.45) is 7.05 Å². The van der Waals surface area contributed by atoms with Crippen LogP contribution in [-0.2, 0) is 18.3 Å². The number of aryl methyl sites for hydroxylation is 1. The van der Waals surface area contributed by atoms with Crippen molar-refractivity contribution < 1.29 is 14.3 Å². The van der Waals surface area contributed by atoms with Crippen molar-refractivity contribution in [2.75, 3.05) is 33.4 Å². The summed E-state index contributed by atoms with van der Waals surface area (Å²) in [6.07, 6.45) is 7.20. The Bertz CT molecular complexity index is 912. The summed E-state index contributed by atoms with van der Waals surface area (Å²) < 4.78 is 13.8. The van der Waals surface area contributed by atoms with Crippen LogP contribution in [0.15, 0.2) is 30.5 Å². The molecule has 32 heavy (non-hydrogen) atoms. The van der Waals surface area contributed by atoms with Crippen LogP contribution in [0.4, 0.5) is 0 Å². The highest BCUT2D eigenvalue weighted by Gasteiger charge is 2.34. The lowest BCUT2D eigenvalue weighted by Crippen LogP contribution is -2.51. The smallest absolute Gasteiger partial charge is 0.254 e. The predicted octanol–water partition coefficient (Wildman–Crippen LogP) is 3.41. The first-order valence-electron chi connectivity index (χ1n) is 11.8. The van der Waals surface area contributed by atoms with E-state index in [2.05, 4.69) is 16.9 Å². The summed E-state index contributed by atoms with van der Waals surface area (Å²) >= 11 is 0. The van der Waals surface area contributed by atoms with E-state index in [4.69, 9.17) is 9.47 Å². The van der Waals surface area contributed by atoms with Gasteiger partial charge in [0, 0.05) is 50.6 Å². The number of carbonyl (C=O) groups excluding carboxylic acids is 1. The minimum atomic E-state index is 0.0907. The molecule has 0 spiro atoms. The molecule has 7 heteroatoms. The molecule has 2 bridgehead atoms. The van der Waals surface area contributed by atoms with Gasteiger partial charge < -0.3 is 14.4 Å². The Balaban J connectivity index is 1.54. The molecule has 1 aromatic carbocycles. The normalized spacial score (nSPS) is 23.3. The summed E-state index contributed by atoms with van der Waals surface area (Å²) in [5.41, 5.74) is 3.17. The maximum atomic E-state index is 13.4. The van der Waals surface area contributed by atoms with Gasteiger partial charge in [0.15, 0.2) is 0 Å². The molecule has 1 aromatic heterocycles. The topological polar surface area (TPSA) is 59.8 Å². The van der Waals surface area contributed by atoms with Gasteiger partial charge in [-0.15, -0.1) is 0 Å². The van der Waals surface area contributed by atoms with Crippen LogP contribution in [0.2, 0.25) is 0 Å². The average molecular weight is 441 g/mol. The number of carbonyl (C=O) groups is 1. The van der Waals surface area contributed by atoms with E-state index in [1.165, 1.54) is 11.3 Å². The van der Waals surface area contributed by atoms with Crippen molar-refractivity contribution in [2.45, 2.75) is 57.7 Å². The summed E-state index contributed by atoms with van der Waals surface area (Å²) in [5, 5.41) is 4.40. The Kier molecular flexibility index (Phi) is 7.48. The number of nitrogens with zero attached hydrogens (tertiary/aromatic N) is 4. The molecule has 174 valence electrons. The number of ether oxygens (including phenoxy) is 2. The van der Waals surface area contributed by atoms with E-state index in [9.17, 15) is 4.79 Å². The zero-order chi connectivity index (χ0) is 22.5. The molecule has 0 radical (unpaired) electrons. The fraction of sp³-hybridized carbons (Fsp3) is 0.600. The van der Waals surface area contributed by atoms with E-state index >= 15 is 0 Å². The number of hydrogen-bond donors (Lipinski definition) is 0. The van der Waals surface area contributed by atoms with Gasteiger partial charge in [0.2, 0.25) is 0 Å². The third-order valence-corrected chi connectivity index (χ3v) is 6.99. The first kappa shape index (κ1) is 22.8. The van der Waals surface area contributed by atoms with E-state index in [0.717, 1.165) is 64.0 Å². The Labute approximate surface area is 191 Å². The molecule has 1 saturated heterocycles. The van der Waals surface area contributed by atoms with Crippen molar-refractivity contribution in [3.05, 3.63) is 47.3 Å². The molecule has 2 aliphatic heterocycles. The Morgan fingerprint density at radius 1 is 1.16 bits per heavy atom. The lowest BCUT2D eigenvalue weighted by Gasteiger charge is -2.41. The molecule has 2 atom stereocenters. The van der Waals surface area contributed by atoms with Gasteiger partial charge >= 0.3 is 0 Å². The summed E-state index contributed by atoms with van der Waals surface area (Å²) in [7, 11) is 3.76. The van der Waals surface area contributed by atoms with Crippen molar-refractivity contribution in [1.82, 2.24) is 19.6 Å². The van der Waals surface area contributed by atoms with Crippen molar-refractivity contribution in [3.63, 3.8) is 0 Å². The van der Waals surface area contributed by atoms with Crippen LogP contribution in [0.25, 0.3) is 0 Å². The highest BCUT2D eigenvalue weighted by Crippen LogP contribution is 2.27. The molecule has 4 rings (SSSR count). The summed E-state index contributed by atoms with van der Waals surface area (Å²) in [6, 6.07) is 7.76. The predicted molar refractivity (Wildman–Crippen MR) is 124 cm³/mol. The molecule has 0 saturated carbocycles. The van der Waals surface area contributed by atoms with Gasteiger partial charge in [0.05, 0.1) is 18.3 Å². The SMILES string of the molecule is CO[C@@H]1CCCN2C(=O)c3cccc(c3)OCCN(Cc3cnn(C)c3C)CCCC[C@H]12. The van der Waals surface area contributed by atoms with Gasteiger partial charge in [0.1, 0.15) is 12.4 Å². The van der Waals surface area contributed by atoms with Crippen molar-refractivity contribution in [1.29, 1.82) is 0 Å². The molecule has 2 aliphatic rings. The molecule has 3 heterocycles. The number of amides is 1. The second-order valence-electron chi connectivity index (χ2n) is 9.01. The quantitative estimate of drug-likeness (QED) is 0.732. The van der Waals surface area contributed by atoms with Crippen LogP contribution in [0.3, 0.4) is 0 Å². The Hall–Kier alpha value is -2.38. The summed E-state index contributed by atoms with van der Waals surface area (Å²) in [6.45, 7) is 6.21. The molecule has 0 aliphatic carbocycles. The molecule has 1 amide bonds. The number of aromatic nitrogens is 2. The number of methoxy groups -OCH3 is 1. The number of fused-ring (bicyclic) bond motifs is 3. The fourth-order valence-electron chi connectivity index (χ4n) is 4.97. The molecular formula is C25H36N4O3. The number of benzene rings is 1. The van der Waals surface area contributed by atoms with Gasteiger partial charge in [-0.1, -0.05) is 12.5 Å². The van der Waals surface area contributed by atoms with Crippen LogP contribution in [-0.4, -0.2) is 71.0 Å². The van der Waals surface area contributed by atoms with Gasteiger partial charge in [-0.3, -0.25) is 14.4 Å². The van der Waals surface area contributed by atoms with E-state index in [1.807, 2.05) is 47.1 Å². The summed E-state index contributed by atoms with van der Waals surface area (Å²) in [5.74, 6) is 0.843. The zero-order valence-corrected chi connectivity index (χ0v) is 19.6. The Morgan fingerprint density at radius 3 is 2.81 bits per heavy atom. The minimum Gasteiger partial charge on any atom is -0.492 e. The molecule has 0 unspecified atom stereocenters. The molecule has 2 aromatic rings. The molecule has 1 fully saturated rings. The van der Waals surface area contributed by atoms with Crippen LogP contribution >= 0.6 is 0 Å². The highest BCUT2D eigenvalue weighted by molar-refractivity contribution is 5.95. The minimum absolute atomic E-state index is 0.0907. The third kappa shape index (κ3) is 5.15. The van der Waals surface area contributed by atoms with Gasteiger partial charge in [-0.05, 0) is 57.4 Å². The van der Waals surface area contributed by atoms with E-state index < -0.39 is 0 Å². The van der Waals surface area contributed by atoms with Gasteiger partial charge in [-0.2, -0.15) is 5.10 Å². The lowest BCUT2D eigenvalue weighted by molar-refractivity contribution is -0.0156. The fourth-order valence-corrected chi connectivity index (χ4v) is 4.97. The molecule has 0 N–H and O–H groups in total. The zero-order valence-electron chi connectivity index (χ0n) is 19.6. The van der Waals surface area contributed by atoms with E-state index in [0.29, 0.717) is 12.2 Å². The van der Waals surface area contributed by atoms with Gasteiger partial charge in [-0.25, -0.2) is 0 Å². The maximum Gasteiger partial charge on any atom is 0.254 e. The number of piperidine rings is 1. The maximum absolute atomic E-state index is 13.4. The van der Waals surface area contributed by atoms with Crippen LogP contribution in [0.1, 0.15) is 53.7 Å². The van der Waals surface area contributed by atoms with E-state index in [1.54, 1.807) is 7.11 Å². The van der Waals surface area contributed by atoms with Crippen LogP contribution in [0, 0.1) is 6.92 Å². The first-order chi connectivity index (χ1) is 15.6. The monoisotopic (exact) mass is 440 g/mol. The largest absolute Gasteiger partial charge is 0.492 e. The standard InChI is InChI=1S/C25H36N4O3/c1-19-21(17-26-27(19)2)18-28-12-5-4-10-23-24(31-3)11-7-13-29(23)25(30)20-8-6-9-22(16-20)32-15-14-28/h6,8-9,16-17,23-24H,4-5,7,10-15,18H2,1-3H3/t23-,24-/m1/s1. The molecule has 7 nitrogen and oxygen atoms in total. The molecular weight excluding hydrogens is 404 g/mol. The number of rotatable bonds is 3. The van der Waals surface area contributed by atoms with Crippen molar-refractivity contribution >= 4 is 5.91 Å². The van der Waals surface area contributed by atoms with Crippen LogP contribution < -0.4 is 4.74 Å². The van der Waals surface area contributed by atoms with Gasteiger partial charge in [0.25, 0.3) is 5.91 Å². The average Bonchev–Trinajstić information content (AvgIpc) is 3.12. The highest BCUT2D eigenvalue weighted by atomic mass is 16.5. The second-order valence-corrected chi connectivity index (χ2v) is 9.01. The van der Waals surface area contributed by atoms with E-state index in [-0.39, 0.29) is 18.1 Å². The summed E-state index contributed by atoms with van der Waals surface area (Å²) in [4.78, 5) is 17.9. The number of hydrogen-bond acceptors (Lipinski definition) is 5.